The second-order valence-corrected chi connectivity index (χ2v) is 8.21. The lowest BCUT2D eigenvalue weighted by atomic mass is 10.1. The molecule has 5 rings (SSSR count). The predicted molar refractivity (Wildman–Crippen MR) is 129 cm³/mol. The summed E-state index contributed by atoms with van der Waals surface area (Å²) in [5.74, 6) is 0.462. The van der Waals surface area contributed by atoms with Gasteiger partial charge in [-0.3, -0.25) is 0 Å². The number of hydrogen-bond acceptors (Lipinski definition) is 4. The van der Waals surface area contributed by atoms with E-state index < -0.39 is 0 Å². The number of fused-ring (bicyclic) bond motifs is 1. The Labute approximate surface area is 191 Å². The second-order valence-electron chi connectivity index (χ2n) is 8.21. The van der Waals surface area contributed by atoms with Gasteiger partial charge in [-0.1, -0.05) is 42.5 Å². The maximum absolute atomic E-state index is 13.7. The van der Waals surface area contributed by atoms with Crippen LogP contribution in [0.25, 0.3) is 22.0 Å². The van der Waals surface area contributed by atoms with Crippen LogP contribution < -0.4 is 10.2 Å². The van der Waals surface area contributed by atoms with Crippen LogP contribution in [0.4, 0.5) is 20.7 Å². The average molecular weight is 442 g/mol. The minimum atomic E-state index is -0.330. The zero-order valence-corrected chi connectivity index (χ0v) is 18.3. The monoisotopic (exact) mass is 441 g/mol. The van der Waals surface area contributed by atoms with Gasteiger partial charge in [0.25, 0.3) is 0 Å². The number of rotatable bonds is 3. The van der Waals surface area contributed by atoms with E-state index in [1.807, 2.05) is 24.3 Å². The SMILES string of the molecule is Cc1ccc(NC(=O)N2CCN(c3ccc(-c4ccc5ccccc5c4)nn3)CC2)cc1F. The molecule has 0 radical (unpaired) electrons. The Bertz CT molecular complexity index is 1300. The number of nitrogens with zero attached hydrogens (tertiary/aromatic N) is 4. The Kier molecular flexibility index (Phi) is 5.60. The summed E-state index contributed by atoms with van der Waals surface area (Å²) in [6, 6.07) is 22.9. The van der Waals surface area contributed by atoms with E-state index in [9.17, 15) is 9.18 Å². The molecule has 0 unspecified atom stereocenters. The van der Waals surface area contributed by atoms with Crippen LogP contribution >= 0.6 is 0 Å². The topological polar surface area (TPSA) is 61.4 Å². The molecule has 1 aliphatic rings. The lowest BCUT2D eigenvalue weighted by Crippen LogP contribution is -2.50. The normalized spacial score (nSPS) is 13.9. The first-order chi connectivity index (χ1) is 16.1. The Morgan fingerprint density at radius 3 is 2.39 bits per heavy atom. The van der Waals surface area contributed by atoms with E-state index in [2.05, 4.69) is 50.7 Å². The summed E-state index contributed by atoms with van der Waals surface area (Å²) in [6.07, 6.45) is 0. The molecule has 4 aromatic rings. The fourth-order valence-corrected chi connectivity index (χ4v) is 4.01. The highest BCUT2D eigenvalue weighted by molar-refractivity contribution is 5.89. The first-order valence-electron chi connectivity index (χ1n) is 11.0. The van der Waals surface area contributed by atoms with Gasteiger partial charge in [-0.25, -0.2) is 9.18 Å². The number of anilines is 2. The Hall–Kier alpha value is -4.00. The van der Waals surface area contributed by atoms with Crippen LogP contribution in [0.15, 0.2) is 72.8 Å². The van der Waals surface area contributed by atoms with Crippen molar-refractivity contribution in [3.63, 3.8) is 0 Å². The van der Waals surface area contributed by atoms with Gasteiger partial charge in [-0.15, -0.1) is 10.2 Å². The van der Waals surface area contributed by atoms with Crippen LogP contribution in [-0.4, -0.2) is 47.3 Å². The molecule has 0 aliphatic carbocycles. The maximum atomic E-state index is 13.7. The predicted octanol–water partition coefficient (Wildman–Crippen LogP) is 5.10. The molecule has 1 saturated heterocycles. The number of aromatic nitrogens is 2. The van der Waals surface area contributed by atoms with E-state index in [-0.39, 0.29) is 11.8 Å². The molecule has 0 bridgehead atoms. The van der Waals surface area contributed by atoms with Crippen molar-refractivity contribution in [1.82, 2.24) is 15.1 Å². The Morgan fingerprint density at radius 2 is 1.67 bits per heavy atom. The van der Waals surface area contributed by atoms with Gasteiger partial charge in [-0.2, -0.15) is 0 Å². The van der Waals surface area contributed by atoms with Gasteiger partial charge in [0.05, 0.1) is 5.69 Å². The standard InChI is InChI=1S/C26H24FN5O/c1-18-6-9-22(17-23(18)27)28-26(33)32-14-12-31(13-15-32)25-11-10-24(29-30-25)21-8-7-19-4-2-3-5-20(19)16-21/h2-11,16-17H,12-15H2,1H3,(H,28,33). The molecular formula is C26H24FN5O. The van der Waals surface area contributed by atoms with Crippen molar-refractivity contribution in [2.45, 2.75) is 6.92 Å². The molecule has 0 atom stereocenters. The molecule has 1 aromatic heterocycles. The molecule has 1 N–H and O–H groups in total. The van der Waals surface area contributed by atoms with Crippen LogP contribution in [0.5, 0.6) is 0 Å². The van der Waals surface area contributed by atoms with Crippen molar-refractivity contribution >= 4 is 28.3 Å². The zero-order valence-electron chi connectivity index (χ0n) is 18.3. The van der Waals surface area contributed by atoms with E-state index in [4.69, 9.17) is 0 Å². The van der Waals surface area contributed by atoms with E-state index >= 15 is 0 Å². The minimum absolute atomic E-state index is 0.226. The van der Waals surface area contributed by atoms with Crippen molar-refractivity contribution in [2.24, 2.45) is 0 Å². The third-order valence-corrected chi connectivity index (χ3v) is 6.01. The summed E-state index contributed by atoms with van der Waals surface area (Å²) in [5, 5.41) is 14.0. The summed E-state index contributed by atoms with van der Waals surface area (Å²) in [4.78, 5) is 16.4. The lowest BCUT2D eigenvalue weighted by Gasteiger charge is -2.35. The molecule has 0 saturated carbocycles. The van der Waals surface area contributed by atoms with Gasteiger partial charge in [0.2, 0.25) is 0 Å². The summed E-state index contributed by atoms with van der Waals surface area (Å²) in [6.45, 7) is 4.10. The van der Waals surface area contributed by atoms with Gasteiger partial charge >= 0.3 is 6.03 Å². The van der Waals surface area contributed by atoms with E-state index in [0.717, 1.165) is 17.1 Å². The van der Waals surface area contributed by atoms with Crippen LogP contribution in [-0.2, 0) is 0 Å². The van der Waals surface area contributed by atoms with Crippen molar-refractivity contribution in [3.05, 3.63) is 84.2 Å². The molecule has 6 nitrogen and oxygen atoms in total. The lowest BCUT2D eigenvalue weighted by molar-refractivity contribution is 0.208. The molecule has 33 heavy (non-hydrogen) atoms. The van der Waals surface area contributed by atoms with Gasteiger partial charge in [-0.05, 0) is 53.6 Å². The third kappa shape index (κ3) is 4.48. The molecule has 3 aromatic carbocycles. The van der Waals surface area contributed by atoms with Gasteiger partial charge in [0.1, 0.15) is 5.82 Å². The largest absolute Gasteiger partial charge is 0.352 e. The van der Waals surface area contributed by atoms with Crippen molar-refractivity contribution in [1.29, 1.82) is 0 Å². The number of piperazine rings is 1. The number of carbonyl (C=O) groups is 1. The maximum Gasteiger partial charge on any atom is 0.321 e. The average Bonchev–Trinajstić information content (AvgIpc) is 2.86. The number of aryl methyl sites for hydroxylation is 1. The van der Waals surface area contributed by atoms with E-state index in [0.29, 0.717) is 37.4 Å². The molecule has 2 amide bonds. The zero-order chi connectivity index (χ0) is 22.8. The molecular weight excluding hydrogens is 417 g/mol. The highest BCUT2D eigenvalue weighted by atomic mass is 19.1. The summed E-state index contributed by atoms with van der Waals surface area (Å²) < 4.78 is 13.7. The quantitative estimate of drug-likeness (QED) is 0.481. The number of amides is 2. The summed E-state index contributed by atoms with van der Waals surface area (Å²) in [5.41, 5.74) is 2.87. The third-order valence-electron chi connectivity index (χ3n) is 6.01. The van der Waals surface area contributed by atoms with Gasteiger partial charge in [0.15, 0.2) is 5.82 Å². The van der Waals surface area contributed by atoms with Crippen LogP contribution in [0.3, 0.4) is 0 Å². The van der Waals surface area contributed by atoms with E-state index in [1.165, 1.54) is 16.8 Å². The molecule has 7 heteroatoms. The number of carbonyl (C=O) groups excluding carboxylic acids is 1. The highest BCUT2D eigenvalue weighted by Crippen LogP contribution is 2.24. The van der Waals surface area contributed by atoms with Crippen molar-refractivity contribution in [3.8, 4) is 11.3 Å². The number of benzene rings is 3. The fraction of sp³-hybridized carbons (Fsp3) is 0.192. The van der Waals surface area contributed by atoms with Crippen LogP contribution in [0.2, 0.25) is 0 Å². The molecule has 2 heterocycles. The number of urea groups is 1. The fourth-order valence-electron chi connectivity index (χ4n) is 4.01. The van der Waals surface area contributed by atoms with E-state index in [1.54, 1.807) is 24.0 Å². The number of halogens is 1. The minimum Gasteiger partial charge on any atom is -0.352 e. The Morgan fingerprint density at radius 1 is 0.879 bits per heavy atom. The highest BCUT2D eigenvalue weighted by Gasteiger charge is 2.22. The summed E-state index contributed by atoms with van der Waals surface area (Å²) >= 11 is 0. The Balaban J connectivity index is 1.21. The first-order valence-corrected chi connectivity index (χ1v) is 11.0. The van der Waals surface area contributed by atoms with Gasteiger partial charge < -0.3 is 15.1 Å². The van der Waals surface area contributed by atoms with Crippen molar-refractivity contribution < 1.29 is 9.18 Å². The smallest absolute Gasteiger partial charge is 0.321 e. The summed E-state index contributed by atoms with van der Waals surface area (Å²) in [7, 11) is 0. The molecule has 166 valence electrons. The van der Waals surface area contributed by atoms with Crippen LogP contribution in [0, 0.1) is 12.7 Å². The van der Waals surface area contributed by atoms with Gasteiger partial charge in [0, 0.05) is 37.4 Å². The second kappa shape index (κ2) is 8.86. The number of hydrogen-bond donors (Lipinski definition) is 1. The molecule has 1 aliphatic heterocycles. The molecule has 0 spiro atoms. The number of nitrogens with one attached hydrogen (secondary N) is 1. The first kappa shape index (κ1) is 20.9. The van der Waals surface area contributed by atoms with Crippen LogP contribution in [0.1, 0.15) is 5.56 Å². The molecule has 1 fully saturated rings. The van der Waals surface area contributed by atoms with Crippen molar-refractivity contribution in [2.75, 3.05) is 36.4 Å².